The standard InChI is InChI=1S/C16H21N3O4S/c1-11-6-4-5-7-15(11)24(20,21)19-8-13(10-22-3)14(9-19)16-17-12(2)18-23-16/h4-7,13-14H,8-10H2,1-3H3/t13-,14+/m0/s1. The lowest BCUT2D eigenvalue weighted by Gasteiger charge is -2.17. The van der Waals surface area contributed by atoms with Gasteiger partial charge in [-0.25, -0.2) is 8.42 Å². The summed E-state index contributed by atoms with van der Waals surface area (Å²) >= 11 is 0. The number of ether oxygens (including phenoxy) is 1. The molecule has 0 saturated carbocycles. The van der Waals surface area contributed by atoms with E-state index in [4.69, 9.17) is 9.26 Å². The van der Waals surface area contributed by atoms with Gasteiger partial charge in [-0.15, -0.1) is 0 Å². The summed E-state index contributed by atoms with van der Waals surface area (Å²) in [7, 11) is -1.96. The number of hydrogen-bond acceptors (Lipinski definition) is 6. The van der Waals surface area contributed by atoms with Crippen molar-refractivity contribution in [2.45, 2.75) is 24.7 Å². The van der Waals surface area contributed by atoms with Crippen LogP contribution in [0.1, 0.15) is 23.2 Å². The summed E-state index contributed by atoms with van der Waals surface area (Å²) in [5, 5.41) is 3.82. The van der Waals surface area contributed by atoms with Gasteiger partial charge in [-0.05, 0) is 25.5 Å². The first-order valence-electron chi connectivity index (χ1n) is 7.78. The largest absolute Gasteiger partial charge is 0.384 e. The first-order valence-corrected chi connectivity index (χ1v) is 9.22. The second-order valence-corrected chi connectivity index (χ2v) is 8.00. The van der Waals surface area contributed by atoms with E-state index in [1.165, 1.54) is 4.31 Å². The van der Waals surface area contributed by atoms with E-state index in [0.29, 0.717) is 36.3 Å². The molecule has 2 atom stereocenters. The van der Waals surface area contributed by atoms with Crippen LogP contribution in [0.15, 0.2) is 33.7 Å². The van der Waals surface area contributed by atoms with Crippen molar-refractivity contribution in [3.63, 3.8) is 0 Å². The average molecular weight is 351 g/mol. The van der Waals surface area contributed by atoms with Crippen LogP contribution in [0.2, 0.25) is 0 Å². The fraction of sp³-hybridized carbons (Fsp3) is 0.500. The van der Waals surface area contributed by atoms with Crippen LogP contribution < -0.4 is 0 Å². The Balaban J connectivity index is 1.91. The van der Waals surface area contributed by atoms with Crippen molar-refractivity contribution in [2.75, 3.05) is 26.8 Å². The maximum Gasteiger partial charge on any atom is 0.243 e. The van der Waals surface area contributed by atoms with Crippen molar-refractivity contribution in [1.29, 1.82) is 0 Å². The fourth-order valence-corrected chi connectivity index (χ4v) is 4.89. The Morgan fingerprint density at radius 1 is 1.29 bits per heavy atom. The molecule has 1 aromatic carbocycles. The molecule has 0 spiro atoms. The number of aromatic nitrogens is 2. The van der Waals surface area contributed by atoms with E-state index in [1.54, 1.807) is 39.2 Å². The molecule has 0 N–H and O–H groups in total. The minimum Gasteiger partial charge on any atom is -0.384 e. The zero-order valence-electron chi connectivity index (χ0n) is 14.0. The third-order valence-electron chi connectivity index (χ3n) is 4.36. The Morgan fingerprint density at radius 3 is 2.67 bits per heavy atom. The van der Waals surface area contributed by atoms with Crippen molar-refractivity contribution < 1.29 is 17.7 Å². The maximum absolute atomic E-state index is 13.0. The normalized spacial score (nSPS) is 22.1. The molecular weight excluding hydrogens is 330 g/mol. The average Bonchev–Trinajstić information content (AvgIpc) is 3.14. The van der Waals surface area contributed by atoms with Gasteiger partial charge in [-0.2, -0.15) is 9.29 Å². The molecule has 0 radical (unpaired) electrons. The fourth-order valence-electron chi connectivity index (χ4n) is 3.14. The Labute approximate surface area is 141 Å². The number of benzene rings is 1. The summed E-state index contributed by atoms with van der Waals surface area (Å²) in [4.78, 5) is 4.61. The van der Waals surface area contributed by atoms with Crippen LogP contribution in [0.25, 0.3) is 0 Å². The zero-order valence-corrected chi connectivity index (χ0v) is 14.8. The van der Waals surface area contributed by atoms with Gasteiger partial charge in [0, 0.05) is 26.1 Å². The predicted molar refractivity (Wildman–Crippen MR) is 87.1 cm³/mol. The molecule has 1 fully saturated rings. The number of rotatable bonds is 5. The highest BCUT2D eigenvalue weighted by Gasteiger charge is 2.42. The van der Waals surface area contributed by atoms with E-state index in [9.17, 15) is 8.42 Å². The lowest BCUT2D eigenvalue weighted by molar-refractivity contribution is 0.145. The van der Waals surface area contributed by atoms with Crippen molar-refractivity contribution in [1.82, 2.24) is 14.4 Å². The molecular formula is C16H21N3O4S. The topological polar surface area (TPSA) is 85.5 Å². The molecule has 2 heterocycles. The van der Waals surface area contributed by atoms with E-state index >= 15 is 0 Å². The number of sulfonamides is 1. The van der Waals surface area contributed by atoms with E-state index in [1.807, 2.05) is 6.07 Å². The molecule has 1 aliphatic rings. The second-order valence-electron chi connectivity index (χ2n) is 6.09. The Hall–Kier alpha value is -1.77. The van der Waals surface area contributed by atoms with E-state index < -0.39 is 10.0 Å². The molecule has 130 valence electrons. The van der Waals surface area contributed by atoms with Crippen LogP contribution in [0, 0.1) is 19.8 Å². The number of methoxy groups -OCH3 is 1. The molecule has 2 aromatic rings. The van der Waals surface area contributed by atoms with Crippen molar-refractivity contribution in [3.05, 3.63) is 41.5 Å². The number of aryl methyl sites for hydroxylation is 2. The van der Waals surface area contributed by atoms with Crippen molar-refractivity contribution in [3.8, 4) is 0 Å². The van der Waals surface area contributed by atoms with Crippen LogP contribution in [0.4, 0.5) is 0 Å². The van der Waals surface area contributed by atoms with Gasteiger partial charge in [0.2, 0.25) is 15.9 Å². The molecule has 1 aromatic heterocycles. The van der Waals surface area contributed by atoms with E-state index in [-0.39, 0.29) is 11.8 Å². The second kappa shape index (κ2) is 6.62. The summed E-state index contributed by atoms with van der Waals surface area (Å²) in [5.41, 5.74) is 0.734. The minimum atomic E-state index is -3.57. The highest BCUT2D eigenvalue weighted by molar-refractivity contribution is 7.89. The van der Waals surface area contributed by atoms with Crippen LogP contribution in [-0.4, -0.2) is 49.7 Å². The first-order chi connectivity index (χ1) is 11.4. The lowest BCUT2D eigenvalue weighted by Crippen LogP contribution is -2.30. The highest BCUT2D eigenvalue weighted by atomic mass is 32.2. The van der Waals surface area contributed by atoms with Crippen LogP contribution in [-0.2, 0) is 14.8 Å². The minimum absolute atomic E-state index is 0.0198. The van der Waals surface area contributed by atoms with Gasteiger partial charge in [0.25, 0.3) is 0 Å². The van der Waals surface area contributed by atoms with E-state index in [2.05, 4.69) is 10.1 Å². The molecule has 1 aliphatic heterocycles. The molecule has 8 heteroatoms. The number of nitrogens with zero attached hydrogens (tertiary/aromatic N) is 3. The zero-order chi connectivity index (χ0) is 17.3. The highest BCUT2D eigenvalue weighted by Crippen LogP contribution is 2.35. The third-order valence-corrected chi connectivity index (χ3v) is 6.35. The molecule has 7 nitrogen and oxygen atoms in total. The first kappa shape index (κ1) is 17.1. The Morgan fingerprint density at radius 2 is 2.04 bits per heavy atom. The molecule has 24 heavy (non-hydrogen) atoms. The number of hydrogen-bond donors (Lipinski definition) is 0. The molecule has 0 unspecified atom stereocenters. The summed E-state index contributed by atoms with van der Waals surface area (Å²) in [6.45, 7) is 4.67. The summed E-state index contributed by atoms with van der Waals surface area (Å²) in [6.07, 6.45) is 0. The Bertz CT molecular complexity index is 818. The molecule has 0 aliphatic carbocycles. The summed E-state index contributed by atoms with van der Waals surface area (Å²) < 4.78 is 38.0. The van der Waals surface area contributed by atoms with Gasteiger partial charge in [-0.1, -0.05) is 23.4 Å². The van der Waals surface area contributed by atoms with Crippen LogP contribution >= 0.6 is 0 Å². The van der Waals surface area contributed by atoms with Gasteiger partial charge in [0.05, 0.1) is 17.4 Å². The molecule has 0 amide bonds. The van der Waals surface area contributed by atoms with Gasteiger partial charge in [0.1, 0.15) is 0 Å². The molecule has 1 saturated heterocycles. The predicted octanol–water partition coefficient (Wildman–Crippen LogP) is 1.74. The van der Waals surface area contributed by atoms with Crippen molar-refractivity contribution >= 4 is 10.0 Å². The monoisotopic (exact) mass is 351 g/mol. The van der Waals surface area contributed by atoms with Gasteiger partial charge < -0.3 is 9.26 Å². The SMILES string of the molecule is COC[C@@H]1CN(S(=O)(=O)c2ccccc2C)C[C@H]1c1nc(C)no1. The molecule has 0 bridgehead atoms. The molecule has 3 rings (SSSR count). The third kappa shape index (κ3) is 3.09. The van der Waals surface area contributed by atoms with Crippen molar-refractivity contribution in [2.24, 2.45) is 5.92 Å². The van der Waals surface area contributed by atoms with Crippen LogP contribution in [0.3, 0.4) is 0 Å². The van der Waals surface area contributed by atoms with Gasteiger partial charge in [0.15, 0.2) is 5.82 Å². The summed E-state index contributed by atoms with van der Waals surface area (Å²) in [5.74, 6) is 0.831. The smallest absolute Gasteiger partial charge is 0.243 e. The quantitative estimate of drug-likeness (QED) is 0.816. The van der Waals surface area contributed by atoms with Gasteiger partial charge >= 0.3 is 0 Å². The van der Waals surface area contributed by atoms with E-state index in [0.717, 1.165) is 5.56 Å². The maximum atomic E-state index is 13.0. The lowest BCUT2D eigenvalue weighted by atomic mass is 9.97. The van der Waals surface area contributed by atoms with Crippen LogP contribution in [0.5, 0.6) is 0 Å². The Kier molecular flexibility index (Phi) is 4.71. The summed E-state index contributed by atoms with van der Waals surface area (Å²) in [6, 6.07) is 7.01. The van der Waals surface area contributed by atoms with Gasteiger partial charge in [-0.3, -0.25) is 0 Å².